The van der Waals surface area contributed by atoms with Crippen LogP contribution in [0.4, 0.5) is 0 Å². The zero-order valence-corrected chi connectivity index (χ0v) is 16.3. The van der Waals surface area contributed by atoms with Crippen molar-refractivity contribution in [1.29, 1.82) is 0 Å². The molecule has 9 N–H and O–H groups in total. The van der Waals surface area contributed by atoms with E-state index in [-0.39, 0.29) is 6.54 Å². The van der Waals surface area contributed by atoms with Crippen LogP contribution >= 0.6 is 0 Å². The molecule has 1 aromatic carbocycles. The van der Waals surface area contributed by atoms with Gasteiger partial charge in [-0.15, -0.1) is 0 Å². The summed E-state index contributed by atoms with van der Waals surface area (Å²) in [4.78, 5) is 0. The van der Waals surface area contributed by atoms with E-state index in [0.717, 1.165) is 5.56 Å². The van der Waals surface area contributed by atoms with Gasteiger partial charge in [-0.05, 0) is 5.56 Å². The summed E-state index contributed by atoms with van der Waals surface area (Å²) in [6, 6.07) is 9.31. The number of ether oxygens (including phenoxy) is 2. The van der Waals surface area contributed by atoms with E-state index < -0.39 is 68.3 Å². The second-order valence-electron chi connectivity index (χ2n) is 7.22. The highest BCUT2D eigenvalue weighted by Crippen LogP contribution is 2.25. The molecule has 1 aliphatic heterocycles. The molecule has 172 valence electrons. The molecule has 0 saturated carbocycles. The standard InChI is InChI=1S/C19H31NO10/c21-8-12(24)18(30-19-17(28)16(27)15(26)13(9-22)29-19)14(25)11(23)7-20-6-10-4-2-1-3-5-10/h1-5,11-28H,6-9H2/t11?,12?,13-,14?,15+,16+,17-,18?,19+/m1/s1. The van der Waals surface area contributed by atoms with Gasteiger partial charge in [-0.3, -0.25) is 0 Å². The Morgan fingerprint density at radius 1 is 0.933 bits per heavy atom. The topological polar surface area (TPSA) is 192 Å². The Morgan fingerprint density at radius 2 is 1.60 bits per heavy atom. The number of nitrogens with one attached hydrogen (secondary N) is 1. The number of aliphatic hydroxyl groups is 8. The lowest BCUT2D eigenvalue weighted by atomic mass is 9.98. The van der Waals surface area contributed by atoms with Crippen molar-refractivity contribution < 1.29 is 50.3 Å². The van der Waals surface area contributed by atoms with Gasteiger partial charge in [0.15, 0.2) is 6.29 Å². The van der Waals surface area contributed by atoms with E-state index in [9.17, 15) is 40.9 Å². The first-order valence-corrected chi connectivity index (χ1v) is 9.65. The lowest BCUT2D eigenvalue weighted by molar-refractivity contribution is -0.327. The Kier molecular flexibility index (Phi) is 10.0. The van der Waals surface area contributed by atoms with Crippen molar-refractivity contribution in [3.63, 3.8) is 0 Å². The van der Waals surface area contributed by atoms with Crippen molar-refractivity contribution in [3.8, 4) is 0 Å². The maximum absolute atomic E-state index is 10.4. The lowest BCUT2D eigenvalue weighted by Crippen LogP contribution is -2.61. The van der Waals surface area contributed by atoms with E-state index in [1.807, 2.05) is 30.3 Å². The van der Waals surface area contributed by atoms with Gasteiger partial charge < -0.3 is 55.6 Å². The Labute approximate surface area is 173 Å². The number of aliphatic hydroxyl groups excluding tert-OH is 8. The minimum absolute atomic E-state index is 0.0806. The second kappa shape index (κ2) is 12.0. The predicted octanol–water partition coefficient (Wildman–Crippen LogP) is -3.96. The van der Waals surface area contributed by atoms with E-state index in [4.69, 9.17) is 9.47 Å². The molecule has 0 spiro atoms. The highest BCUT2D eigenvalue weighted by Gasteiger charge is 2.46. The number of benzene rings is 1. The zero-order chi connectivity index (χ0) is 22.3. The summed E-state index contributed by atoms with van der Waals surface area (Å²) in [5, 5.41) is 82.0. The van der Waals surface area contributed by atoms with Crippen molar-refractivity contribution in [2.45, 2.75) is 61.7 Å². The third kappa shape index (κ3) is 6.39. The molecule has 4 unspecified atom stereocenters. The smallest absolute Gasteiger partial charge is 0.187 e. The van der Waals surface area contributed by atoms with Crippen LogP contribution in [-0.2, 0) is 16.0 Å². The third-order valence-electron chi connectivity index (χ3n) is 4.96. The van der Waals surface area contributed by atoms with Gasteiger partial charge in [-0.1, -0.05) is 30.3 Å². The Balaban J connectivity index is 1.99. The van der Waals surface area contributed by atoms with Crippen molar-refractivity contribution in [2.24, 2.45) is 0 Å². The molecule has 1 fully saturated rings. The van der Waals surface area contributed by atoms with Crippen molar-refractivity contribution >= 4 is 0 Å². The first-order chi connectivity index (χ1) is 14.3. The molecular weight excluding hydrogens is 402 g/mol. The molecule has 0 amide bonds. The van der Waals surface area contributed by atoms with Gasteiger partial charge in [0.2, 0.25) is 0 Å². The Hall–Kier alpha value is -1.22. The first-order valence-electron chi connectivity index (χ1n) is 9.65. The van der Waals surface area contributed by atoms with Crippen LogP contribution in [0, 0.1) is 0 Å². The second-order valence-corrected chi connectivity index (χ2v) is 7.22. The van der Waals surface area contributed by atoms with Crippen LogP contribution in [0.2, 0.25) is 0 Å². The molecular formula is C19H31NO10. The third-order valence-corrected chi connectivity index (χ3v) is 4.96. The quantitative estimate of drug-likeness (QED) is 0.165. The average molecular weight is 433 g/mol. The molecule has 0 aliphatic carbocycles. The fourth-order valence-corrected chi connectivity index (χ4v) is 3.14. The Morgan fingerprint density at radius 3 is 2.20 bits per heavy atom. The molecule has 30 heavy (non-hydrogen) atoms. The van der Waals surface area contributed by atoms with Crippen LogP contribution in [0.1, 0.15) is 5.56 Å². The zero-order valence-electron chi connectivity index (χ0n) is 16.3. The normalized spacial score (nSPS) is 31.1. The molecule has 2 rings (SSSR count). The summed E-state index contributed by atoms with van der Waals surface area (Å²) in [6.07, 6.45) is -14.4. The highest BCUT2D eigenvalue weighted by molar-refractivity contribution is 5.14. The van der Waals surface area contributed by atoms with Crippen molar-refractivity contribution in [2.75, 3.05) is 19.8 Å². The van der Waals surface area contributed by atoms with E-state index in [0.29, 0.717) is 6.54 Å². The van der Waals surface area contributed by atoms with Gasteiger partial charge in [0.1, 0.15) is 42.7 Å². The minimum atomic E-state index is -1.77. The van der Waals surface area contributed by atoms with Crippen LogP contribution in [0.3, 0.4) is 0 Å². The molecule has 9 atom stereocenters. The van der Waals surface area contributed by atoms with Crippen molar-refractivity contribution in [1.82, 2.24) is 5.32 Å². The highest BCUT2D eigenvalue weighted by atomic mass is 16.7. The molecule has 0 bridgehead atoms. The molecule has 0 radical (unpaired) electrons. The summed E-state index contributed by atoms with van der Waals surface area (Å²) in [7, 11) is 0. The van der Waals surface area contributed by atoms with Gasteiger partial charge in [0, 0.05) is 13.1 Å². The number of rotatable bonds is 11. The van der Waals surface area contributed by atoms with Gasteiger partial charge in [0.25, 0.3) is 0 Å². The molecule has 1 aliphatic rings. The average Bonchev–Trinajstić information content (AvgIpc) is 2.76. The fraction of sp³-hybridized carbons (Fsp3) is 0.684. The van der Waals surface area contributed by atoms with Crippen LogP contribution in [0.15, 0.2) is 30.3 Å². The van der Waals surface area contributed by atoms with E-state index in [2.05, 4.69) is 5.32 Å². The molecule has 1 heterocycles. The van der Waals surface area contributed by atoms with Gasteiger partial charge in [0.05, 0.1) is 19.3 Å². The predicted molar refractivity (Wildman–Crippen MR) is 102 cm³/mol. The van der Waals surface area contributed by atoms with E-state index >= 15 is 0 Å². The summed E-state index contributed by atoms with van der Waals surface area (Å²) in [5.41, 5.74) is 0.948. The molecule has 11 heteroatoms. The summed E-state index contributed by atoms with van der Waals surface area (Å²) < 4.78 is 10.5. The first kappa shape index (κ1) is 25.0. The largest absolute Gasteiger partial charge is 0.394 e. The fourth-order valence-electron chi connectivity index (χ4n) is 3.14. The summed E-state index contributed by atoms with van der Waals surface area (Å²) in [5.74, 6) is 0. The van der Waals surface area contributed by atoms with E-state index in [1.165, 1.54) is 0 Å². The van der Waals surface area contributed by atoms with Crippen LogP contribution in [-0.4, -0.2) is 116 Å². The van der Waals surface area contributed by atoms with Gasteiger partial charge in [-0.25, -0.2) is 0 Å². The summed E-state index contributed by atoms with van der Waals surface area (Å²) >= 11 is 0. The monoisotopic (exact) mass is 433 g/mol. The maximum atomic E-state index is 10.4. The molecule has 11 nitrogen and oxygen atoms in total. The van der Waals surface area contributed by atoms with Gasteiger partial charge >= 0.3 is 0 Å². The van der Waals surface area contributed by atoms with Gasteiger partial charge in [-0.2, -0.15) is 0 Å². The molecule has 1 saturated heterocycles. The minimum Gasteiger partial charge on any atom is -0.394 e. The Bertz CT molecular complexity index is 606. The number of hydrogen-bond donors (Lipinski definition) is 9. The summed E-state index contributed by atoms with van der Waals surface area (Å²) in [6.45, 7) is -1.19. The van der Waals surface area contributed by atoms with E-state index in [1.54, 1.807) is 0 Å². The SMILES string of the molecule is OCC(O)C(O[C@@H]1O[C@H](CO)[C@H](O)[C@H](O)[C@H]1O)C(O)C(O)CNCc1ccccc1. The molecule has 0 aromatic heterocycles. The van der Waals surface area contributed by atoms with Crippen LogP contribution in [0.25, 0.3) is 0 Å². The van der Waals surface area contributed by atoms with Crippen molar-refractivity contribution in [3.05, 3.63) is 35.9 Å². The van der Waals surface area contributed by atoms with Crippen LogP contribution < -0.4 is 5.32 Å². The number of hydrogen-bond acceptors (Lipinski definition) is 11. The van der Waals surface area contributed by atoms with Crippen LogP contribution in [0.5, 0.6) is 0 Å². The molecule has 1 aromatic rings. The lowest BCUT2D eigenvalue weighted by Gasteiger charge is -2.42. The maximum Gasteiger partial charge on any atom is 0.187 e.